The van der Waals surface area contributed by atoms with E-state index >= 15 is 0 Å². The lowest BCUT2D eigenvalue weighted by molar-refractivity contribution is -0.121. The van der Waals surface area contributed by atoms with Gasteiger partial charge in [0.25, 0.3) is 5.56 Å². The van der Waals surface area contributed by atoms with Gasteiger partial charge in [0.2, 0.25) is 0 Å². The molecule has 0 bridgehead atoms. The number of aliphatic hydroxyl groups excluding tert-OH is 1. The van der Waals surface area contributed by atoms with Crippen LogP contribution in [-0.2, 0) is 11.3 Å². The highest BCUT2D eigenvalue weighted by molar-refractivity contribution is 8.93. The van der Waals surface area contributed by atoms with Gasteiger partial charge in [-0.3, -0.25) is 14.2 Å². The smallest absolute Gasteiger partial charge is 0.261 e. The van der Waals surface area contributed by atoms with Crippen molar-refractivity contribution in [2.75, 3.05) is 12.8 Å². The van der Waals surface area contributed by atoms with E-state index in [1.54, 1.807) is 6.26 Å². The predicted octanol–water partition coefficient (Wildman–Crippen LogP) is 2.49. The van der Waals surface area contributed by atoms with E-state index in [2.05, 4.69) is 10.3 Å². The van der Waals surface area contributed by atoms with Crippen molar-refractivity contribution in [2.45, 2.75) is 42.8 Å². The summed E-state index contributed by atoms with van der Waals surface area (Å²) in [4.78, 5) is 29.3. The highest BCUT2D eigenvalue weighted by Crippen LogP contribution is 2.22. The van der Waals surface area contributed by atoms with Gasteiger partial charge in [-0.05, 0) is 31.7 Å². The van der Waals surface area contributed by atoms with Crippen LogP contribution in [0.25, 0.3) is 10.9 Å². The number of piperidine rings is 1. The average Bonchev–Trinajstić information content (AvgIpc) is 2.59. The molecule has 0 amide bonds. The number of halogens is 3. The molecule has 0 saturated carbocycles. The number of carbonyl (C=O) groups is 1. The van der Waals surface area contributed by atoms with Gasteiger partial charge in [-0.25, -0.2) is 9.37 Å². The molecule has 150 valence electrons. The summed E-state index contributed by atoms with van der Waals surface area (Å²) in [6.45, 7) is 0.661. The molecule has 6 nitrogen and oxygen atoms in total. The van der Waals surface area contributed by atoms with E-state index in [1.165, 1.54) is 34.8 Å². The number of aliphatic hydroxyl groups is 1. The summed E-state index contributed by atoms with van der Waals surface area (Å²) >= 11 is 1.21. The number of aromatic nitrogens is 2. The number of nitrogens with zero attached hydrogens (tertiary/aromatic N) is 2. The SMILES string of the molecule is Br.Br.CSc1cc2c(=O)n(CC(=O)CC3NCCCC3O)cnc2cc1F. The molecule has 2 heterocycles. The molecule has 1 saturated heterocycles. The Morgan fingerprint density at radius 1 is 1.44 bits per heavy atom. The summed E-state index contributed by atoms with van der Waals surface area (Å²) in [5.74, 6) is -0.577. The molecule has 1 aromatic heterocycles. The fourth-order valence-electron chi connectivity index (χ4n) is 3.07. The van der Waals surface area contributed by atoms with E-state index in [0.717, 1.165) is 13.0 Å². The highest BCUT2D eigenvalue weighted by Gasteiger charge is 2.25. The van der Waals surface area contributed by atoms with Crippen LogP contribution >= 0.6 is 45.7 Å². The first kappa shape index (κ1) is 24.2. The van der Waals surface area contributed by atoms with Crippen LogP contribution < -0.4 is 10.9 Å². The Hall–Kier alpha value is -0.810. The molecule has 2 N–H and O–H groups in total. The fourth-order valence-corrected chi connectivity index (χ4v) is 3.56. The number of ketones is 1. The van der Waals surface area contributed by atoms with Crippen LogP contribution in [0, 0.1) is 5.82 Å². The molecule has 10 heteroatoms. The number of Topliss-reactive ketones (excluding diaryl/α,β-unsaturated/α-hetero) is 1. The van der Waals surface area contributed by atoms with E-state index in [9.17, 15) is 19.1 Å². The number of carbonyl (C=O) groups excluding carboxylic acids is 1. The topological polar surface area (TPSA) is 84.2 Å². The normalized spacial score (nSPS) is 19.2. The van der Waals surface area contributed by atoms with Crippen LogP contribution in [0.3, 0.4) is 0 Å². The van der Waals surface area contributed by atoms with Crippen molar-refractivity contribution < 1.29 is 14.3 Å². The van der Waals surface area contributed by atoms with Gasteiger partial charge in [-0.1, -0.05) is 0 Å². The molecule has 1 aromatic carbocycles. The Balaban J connectivity index is 0.00000182. The molecular formula is C17H22Br2FN3O3S. The van der Waals surface area contributed by atoms with Gasteiger partial charge in [0, 0.05) is 23.4 Å². The molecule has 3 rings (SSSR count). The Labute approximate surface area is 181 Å². The number of nitrogens with one attached hydrogen (secondary N) is 1. The van der Waals surface area contributed by atoms with E-state index in [0.29, 0.717) is 11.3 Å². The Morgan fingerprint density at radius 2 is 2.19 bits per heavy atom. The fraction of sp³-hybridized carbons (Fsp3) is 0.471. The first-order chi connectivity index (χ1) is 12.0. The zero-order valence-corrected chi connectivity index (χ0v) is 18.9. The lowest BCUT2D eigenvalue weighted by atomic mass is 9.97. The first-order valence-corrected chi connectivity index (χ1v) is 9.38. The molecule has 2 unspecified atom stereocenters. The van der Waals surface area contributed by atoms with Crippen molar-refractivity contribution in [2.24, 2.45) is 0 Å². The van der Waals surface area contributed by atoms with E-state index < -0.39 is 11.9 Å². The van der Waals surface area contributed by atoms with Gasteiger partial charge >= 0.3 is 0 Å². The number of hydrogen-bond donors (Lipinski definition) is 2. The van der Waals surface area contributed by atoms with E-state index in [4.69, 9.17) is 0 Å². The van der Waals surface area contributed by atoms with Crippen molar-refractivity contribution in [3.05, 3.63) is 34.6 Å². The van der Waals surface area contributed by atoms with Crippen LogP contribution in [0.5, 0.6) is 0 Å². The largest absolute Gasteiger partial charge is 0.391 e. The molecule has 0 radical (unpaired) electrons. The molecule has 2 atom stereocenters. The maximum Gasteiger partial charge on any atom is 0.261 e. The van der Waals surface area contributed by atoms with Gasteiger partial charge in [-0.15, -0.1) is 45.7 Å². The molecule has 0 spiro atoms. The Kier molecular flexibility index (Phi) is 9.56. The van der Waals surface area contributed by atoms with E-state index in [1.807, 2.05) is 0 Å². The standard InChI is InChI=1S/C17H20FN3O3S.2BrH/c1-25-16-6-11-13(7-12(16)18)20-9-21(17(11)24)8-10(22)5-14-15(23)3-2-4-19-14;;/h6-7,9,14-15,19,23H,2-5,8H2,1H3;2*1H. The van der Waals surface area contributed by atoms with Crippen LogP contribution in [-0.4, -0.2) is 45.4 Å². The van der Waals surface area contributed by atoms with E-state index in [-0.39, 0.29) is 75.2 Å². The van der Waals surface area contributed by atoms with Crippen LogP contribution in [0.2, 0.25) is 0 Å². The summed E-state index contributed by atoms with van der Waals surface area (Å²) in [7, 11) is 0. The van der Waals surface area contributed by atoms with Crippen LogP contribution in [0.15, 0.2) is 28.2 Å². The molecular weight excluding hydrogens is 505 g/mol. The van der Waals surface area contributed by atoms with Crippen molar-refractivity contribution >= 4 is 62.4 Å². The lowest BCUT2D eigenvalue weighted by Gasteiger charge is -2.28. The maximum atomic E-state index is 13.8. The maximum absolute atomic E-state index is 13.8. The van der Waals surface area contributed by atoms with Gasteiger partial charge in [-0.2, -0.15) is 0 Å². The minimum Gasteiger partial charge on any atom is -0.391 e. The quantitative estimate of drug-likeness (QED) is 0.582. The molecule has 1 aliphatic rings. The van der Waals surface area contributed by atoms with Crippen LogP contribution in [0.1, 0.15) is 19.3 Å². The zero-order chi connectivity index (χ0) is 18.0. The van der Waals surface area contributed by atoms with Crippen molar-refractivity contribution in [3.8, 4) is 0 Å². The van der Waals surface area contributed by atoms with Gasteiger partial charge in [0.05, 0.1) is 29.9 Å². The minimum atomic E-state index is -0.545. The molecule has 27 heavy (non-hydrogen) atoms. The summed E-state index contributed by atoms with van der Waals surface area (Å²) in [5, 5.41) is 13.4. The second-order valence-corrected chi connectivity index (χ2v) is 7.04. The zero-order valence-electron chi connectivity index (χ0n) is 14.7. The third kappa shape index (κ3) is 5.60. The lowest BCUT2D eigenvalue weighted by Crippen LogP contribution is -2.46. The molecule has 1 aliphatic heterocycles. The summed E-state index contributed by atoms with van der Waals surface area (Å²) in [6.07, 6.45) is 4.16. The minimum absolute atomic E-state index is 0. The van der Waals surface area contributed by atoms with Crippen LogP contribution in [0.4, 0.5) is 4.39 Å². The molecule has 0 aliphatic carbocycles. The number of benzene rings is 1. The average molecular weight is 527 g/mol. The highest BCUT2D eigenvalue weighted by atomic mass is 79.9. The van der Waals surface area contributed by atoms with Crippen molar-refractivity contribution in [1.82, 2.24) is 14.9 Å². The van der Waals surface area contributed by atoms with Gasteiger partial charge in [0.15, 0.2) is 5.78 Å². The number of fused-ring (bicyclic) bond motifs is 1. The summed E-state index contributed by atoms with van der Waals surface area (Å²) in [6, 6.07) is 2.43. The first-order valence-electron chi connectivity index (χ1n) is 8.15. The third-order valence-corrected chi connectivity index (χ3v) is 5.19. The Morgan fingerprint density at radius 3 is 2.85 bits per heavy atom. The van der Waals surface area contributed by atoms with Gasteiger partial charge in [0.1, 0.15) is 5.82 Å². The number of rotatable bonds is 5. The molecule has 2 aromatic rings. The molecule has 1 fully saturated rings. The number of hydrogen-bond acceptors (Lipinski definition) is 6. The predicted molar refractivity (Wildman–Crippen MR) is 115 cm³/mol. The monoisotopic (exact) mass is 525 g/mol. The Bertz CT molecular complexity index is 865. The third-order valence-electron chi connectivity index (χ3n) is 4.44. The summed E-state index contributed by atoms with van der Waals surface area (Å²) in [5.41, 5.74) is -0.0980. The summed E-state index contributed by atoms with van der Waals surface area (Å²) < 4.78 is 15.0. The number of thioether (sulfide) groups is 1. The van der Waals surface area contributed by atoms with Crippen molar-refractivity contribution in [1.29, 1.82) is 0 Å². The van der Waals surface area contributed by atoms with Crippen molar-refractivity contribution in [3.63, 3.8) is 0 Å². The second-order valence-electron chi connectivity index (χ2n) is 6.19. The second kappa shape index (κ2) is 10.7. The van der Waals surface area contributed by atoms with Gasteiger partial charge < -0.3 is 10.4 Å².